The summed E-state index contributed by atoms with van der Waals surface area (Å²) in [5.74, 6) is -0.0837. The number of benzene rings is 1. The van der Waals surface area contributed by atoms with E-state index in [2.05, 4.69) is 15.1 Å². The van der Waals surface area contributed by atoms with Crippen LogP contribution < -0.4 is 0 Å². The number of hydrogen-bond donors (Lipinski definition) is 0. The first-order chi connectivity index (χ1) is 13.0. The van der Waals surface area contributed by atoms with Gasteiger partial charge in [-0.25, -0.2) is 19.4 Å². The number of para-hydroxylation sites is 1. The van der Waals surface area contributed by atoms with Crippen LogP contribution in [0.4, 0.5) is 0 Å². The van der Waals surface area contributed by atoms with Gasteiger partial charge in [0, 0.05) is 5.69 Å². The van der Waals surface area contributed by atoms with Gasteiger partial charge >= 0.3 is 5.97 Å². The number of halogens is 1. The molecule has 0 radical (unpaired) electrons. The number of ether oxygens (including phenoxy) is 1. The van der Waals surface area contributed by atoms with Gasteiger partial charge in [0.1, 0.15) is 11.6 Å². The third-order valence-corrected chi connectivity index (χ3v) is 5.23. The predicted octanol–water partition coefficient (Wildman–Crippen LogP) is 4.50. The van der Waals surface area contributed by atoms with Crippen LogP contribution in [-0.4, -0.2) is 25.7 Å². The summed E-state index contributed by atoms with van der Waals surface area (Å²) >= 11 is 7.65. The van der Waals surface area contributed by atoms with E-state index in [1.54, 1.807) is 16.8 Å². The Labute approximate surface area is 164 Å². The molecular weight excluding hydrogens is 384 g/mol. The van der Waals surface area contributed by atoms with Crippen LogP contribution in [0.5, 0.6) is 0 Å². The lowest BCUT2D eigenvalue weighted by Crippen LogP contribution is -2.11. The summed E-state index contributed by atoms with van der Waals surface area (Å²) in [4.78, 5) is 21.3. The molecule has 8 heteroatoms. The number of hydrogen-bond acceptors (Lipinski definition) is 6. The molecule has 0 aliphatic heterocycles. The third-order valence-electron chi connectivity index (χ3n) is 3.92. The van der Waals surface area contributed by atoms with E-state index < -0.39 is 5.97 Å². The van der Waals surface area contributed by atoms with Crippen molar-refractivity contribution in [3.8, 4) is 5.82 Å². The minimum absolute atomic E-state index is 0.0582. The first kappa shape index (κ1) is 17.6. The first-order valence-corrected chi connectivity index (χ1v) is 9.42. The Morgan fingerprint density at radius 3 is 2.74 bits per heavy atom. The molecule has 4 rings (SSSR count). The summed E-state index contributed by atoms with van der Waals surface area (Å²) in [5.41, 5.74) is 2.72. The molecule has 0 unspecified atom stereocenters. The van der Waals surface area contributed by atoms with Crippen molar-refractivity contribution >= 4 is 39.1 Å². The number of aryl methyl sites for hydroxylation is 2. The van der Waals surface area contributed by atoms with Crippen molar-refractivity contribution in [3.05, 3.63) is 69.6 Å². The predicted molar refractivity (Wildman–Crippen MR) is 105 cm³/mol. The Bertz CT molecular complexity index is 1120. The highest BCUT2D eigenvalue weighted by atomic mass is 35.5. The number of rotatable bonds is 4. The average molecular weight is 399 g/mol. The number of esters is 1. The molecule has 0 N–H and O–H groups in total. The van der Waals surface area contributed by atoms with E-state index >= 15 is 0 Å². The van der Waals surface area contributed by atoms with Gasteiger partial charge < -0.3 is 4.74 Å². The van der Waals surface area contributed by atoms with Crippen molar-refractivity contribution in [3.63, 3.8) is 0 Å². The summed E-state index contributed by atoms with van der Waals surface area (Å²) in [6.45, 7) is 3.88. The standard InChI is InChI=1S/C19H15ClN4O2S/c1-11-9-12(2)24(23-11)16-8-7-13(20)18(22-16)19(25)26-10-17-21-14-5-3-4-6-15(14)27-17/h3-9H,10H2,1-2H3. The second-order valence-electron chi connectivity index (χ2n) is 5.99. The summed E-state index contributed by atoms with van der Waals surface area (Å²) in [6.07, 6.45) is 0. The van der Waals surface area contributed by atoms with Gasteiger partial charge in [-0.05, 0) is 44.2 Å². The quantitative estimate of drug-likeness (QED) is 0.473. The fourth-order valence-electron chi connectivity index (χ4n) is 2.73. The summed E-state index contributed by atoms with van der Waals surface area (Å²) in [6, 6.07) is 13.0. The molecule has 0 atom stereocenters. The second kappa shape index (κ2) is 7.09. The maximum absolute atomic E-state index is 12.5. The molecule has 0 aliphatic carbocycles. The van der Waals surface area contributed by atoms with Gasteiger partial charge in [-0.1, -0.05) is 23.7 Å². The number of carbonyl (C=O) groups is 1. The summed E-state index contributed by atoms with van der Waals surface area (Å²) in [7, 11) is 0. The Morgan fingerprint density at radius 1 is 1.19 bits per heavy atom. The van der Waals surface area contributed by atoms with Crippen molar-refractivity contribution in [1.82, 2.24) is 19.7 Å². The highest BCUT2D eigenvalue weighted by Crippen LogP contribution is 2.23. The Hall–Kier alpha value is -2.77. The second-order valence-corrected chi connectivity index (χ2v) is 7.51. The molecule has 3 heterocycles. The van der Waals surface area contributed by atoms with E-state index in [-0.39, 0.29) is 17.3 Å². The molecule has 1 aromatic carbocycles. The fourth-order valence-corrected chi connectivity index (χ4v) is 3.79. The van der Waals surface area contributed by atoms with Gasteiger partial charge in [0.2, 0.25) is 0 Å². The lowest BCUT2D eigenvalue weighted by Gasteiger charge is -2.08. The molecule has 0 aliphatic rings. The molecule has 0 saturated heterocycles. The number of thiazole rings is 1. The van der Waals surface area contributed by atoms with Crippen LogP contribution in [0, 0.1) is 13.8 Å². The smallest absolute Gasteiger partial charge is 0.359 e. The maximum Gasteiger partial charge on any atom is 0.359 e. The molecule has 6 nitrogen and oxygen atoms in total. The number of pyridine rings is 1. The molecule has 27 heavy (non-hydrogen) atoms. The zero-order valence-electron chi connectivity index (χ0n) is 14.6. The topological polar surface area (TPSA) is 69.9 Å². The summed E-state index contributed by atoms with van der Waals surface area (Å²) in [5, 5.41) is 5.33. The number of carbonyl (C=O) groups excluding carboxylic acids is 1. The minimum atomic E-state index is -0.595. The van der Waals surface area contributed by atoms with Crippen LogP contribution in [-0.2, 0) is 11.3 Å². The Kier molecular flexibility index (Phi) is 4.63. The molecule has 0 spiro atoms. The van der Waals surface area contributed by atoms with Gasteiger partial charge in [0.15, 0.2) is 11.5 Å². The lowest BCUT2D eigenvalue weighted by molar-refractivity contribution is 0.0466. The van der Waals surface area contributed by atoms with E-state index in [1.165, 1.54) is 11.3 Å². The lowest BCUT2D eigenvalue weighted by atomic mass is 10.3. The first-order valence-electron chi connectivity index (χ1n) is 8.23. The highest BCUT2D eigenvalue weighted by Gasteiger charge is 2.17. The van der Waals surface area contributed by atoms with E-state index in [0.717, 1.165) is 26.6 Å². The van der Waals surface area contributed by atoms with Crippen LogP contribution in [0.25, 0.3) is 16.0 Å². The monoisotopic (exact) mass is 398 g/mol. The number of fused-ring (bicyclic) bond motifs is 1. The molecule has 0 bridgehead atoms. The number of aromatic nitrogens is 4. The van der Waals surface area contributed by atoms with Crippen molar-refractivity contribution < 1.29 is 9.53 Å². The highest BCUT2D eigenvalue weighted by molar-refractivity contribution is 7.18. The van der Waals surface area contributed by atoms with Crippen molar-refractivity contribution in [2.24, 2.45) is 0 Å². The molecule has 0 fully saturated rings. The third kappa shape index (κ3) is 3.56. The van der Waals surface area contributed by atoms with Gasteiger partial charge in [0.25, 0.3) is 0 Å². The average Bonchev–Trinajstić information content (AvgIpc) is 3.22. The fraction of sp³-hybridized carbons (Fsp3) is 0.158. The van der Waals surface area contributed by atoms with E-state index in [4.69, 9.17) is 16.3 Å². The van der Waals surface area contributed by atoms with Crippen molar-refractivity contribution in [2.45, 2.75) is 20.5 Å². The number of nitrogens with zero attached hydrogens (tertiary/aromatic N) is 4. The van der Waals surface area contributed by atoms with Crippen molar-refractivity contribution in [1.29, 1.82) is 0 Å². The van der Waals surface area contributed by atoms with Crippen molar-refractivity contribution in [2.75, 3.05) is 0 Å². The molecule has 4 aromatic rings. The largest absolute Gasteiger partial charge is 0.454 e. The SMILES string of the molecule is Cc1cc(C)n(-c2ccc(Cl)c(C(=O)OCc3nc4ccccc4s3)n2)n1. The van der Waals surface area contributed by atoms with Crippen LogP contribution in [0.3, 0.4) is 0 Å². The molecular formula is C19H15ClN4O2S. The van der Waals surface area contributed by atoms with Crippen LogP contribution >= 0.6 is 22.9 Å². The van der Waals surface area contributed by atoms with Gasteiger partial charge in [-0.15, -0.1) is 11.3 Å². The Morgan fingerprint density at radius 2 is 2.00 bits per heavy atom. The zero-order valence-corrected chi connectivity index (χ0v) is 16.2. The normalized spacial score (nSPS) is 11.1. The van der Waals surface area contributed by atoms with E-state index in [1.807, 2.05) is 44.2 Å². The molecule has 3 aromatic heterocycles. The maximum atomic E-state index is 12.5. The Balaban J connectivity index is 1.56. The van der Waals surface area contributed by atoms with E-state index in [0.29, 0.717) is 5.82 Å². The van der Waals surface area contributed by atoms with Gasteiger partial charge in [0.05, 0.1) is 20.9 Å². The molecule has 0 amide bonds. The van der Waals surface area contributed by atoms with Gasteiger partial charge in [-0.2, -0.15) is 5.10 Å². The molecule has 0 saturated carbocycles. The zero-order chi connectivity index (χ0) is 19.0. The van der Waals surface area contributed by atoms with Gasteiger partial charge in [-0.3, -0.25) is 0 Å². The van der Waals surface area contributed by atoms with E-state index in [9.17, 15) is 4.79 Å². The van der Waals surface area contributed by atoms with Crippen LogP contribution in [0.1, 0.15) is 26.9 Å². The minimum Gasteiger partial charge on any atom is -0.454 e. The summed E-state index contributed by atoms with van der Waals surface area (Å²) < 4.78 is 8.09. The van der Waals surface area contributed by atoms with Crippen LogP contribution in [0.15, 0.2) is 42.5 Å². The van der Waals surface area contributed by atoms with Crippen LogP contribution in [0.2, 0.25) is 5.02 Å². The molecule has 136 valence electrons.